The van der Waals surface area contributed by atoms with Crippen molar-refractivity contribution in [2.24, 2.45) is 0 Å². The van der Waals surface area contributed by atoms with Gasteiger partial charge in [-0.1, -0.05) is 0 Å². The van der Waals surface area contributed by atoms with Gasteiger partial charge in [-0.3, -0.25) is 0 Å². The molecule has 0 aliphatic carbocycles. The lowest BCUT2D eigenvalue weighted by atomic mass is 10.6. The van der Waals surface area contributed by atoms with Gasteiger partial charge in [-0.2, -0.15) is 0 Å². The molecule has 0 amide bonds. The van der Waals surface area contributed by atoms with E-state index >= 15 is 0 Å². The molecule has 0 aromatic carbocycles. The van der Waals surface area contributed by atoms with Crippen molar-refractivity contribution in [1.29, 1.82) is 0 Å². The van der Waals surface area contributed by atoms with Crippen LogP contribution in [0.1, 0.15) is 5.82 Å². The second-order valence-electron chi connectivity index (χ2n) is 2.25. The van der Waals surface area contributed by atoms with Crippen LogP contribution in [-0.4, -0.2) is 31.8 Å². The largest absolute Gasteiger partial charge is 0.347 e. The molecule has 1 aromatic rings. The molecule has 0 radical (unpaired) electrons. The highest BCUT2D eigenvalue weighted by molar-refractivity contribution is 7.81. The minimum atomic E-state index is -0.922. The first-order valence-electron chi connectivity index (χ1n) is 3.23. The average molecular weight is 173 g/mol. The summed E-state index contributed by atoms with van der Waals surface area (Å²) in [7, 11) is 0.869. The van der Waals surface area contributed by atoms with Gasteiger partial charge in [0.1, 0.15) is 5.82 Å². The van der Waals surface area contributed by atoms with Crippen LogP contribution in [0.2, 0.25) is 0 Å². The van der Waals surface area contributed by atoms with Crippen molar-refractivity contribution in [1.82, 2.24) is 14.3 Å². The van der Waals surface area contributed by atoms with Crippen molar-refractivity contribution in [2.45, 2.75) is 6.54 Å². The molecule has 0 bridgehead atoms. The van der Waals surface area contributed by atoms with E-state index in [4.69, 9.17) is 0 Å². The summed E-state index contributed by atoms with van der Waals surface area (Å²) in [6, 6.07) is 0. The summed E-state index contributed by atoms with van der Waals surface area (Å²) in [5.74, 6) is 0.836. The van der Waals surface area contributed by atoms with E-state index < -0.39 is 11.0 Å². The lowest BCUT2D eigenvalue weighted by molar-refractivity contribution is 0.510. The van der Waals surface area contributed by atoms with Crippen LogP contribution in [0, 0.1) is 0 Å². The van der Waals surface area contributed by atoms with Crippen LogP contribution in [0.15, 0.2) is 12.4 Å². The molecule has 5 heteroatoms. The maximum Gasteiger partial charge on any atom is 0.121 e. The fourth-order valence-electron chi connectivity index (χ4n) is 0.686. The summed E-state index contributed by atoms with van der Waals surface area (Å²) < 4.78 is 12.6. The Kier molecular flexibility index (Phi) is 2.78. The van der Waals surface area contributed by atoms with Gasteiger partial charge in [-0.15, -0.1) is 0 Å². The number of H-pyrrole nitrogens is 1. The van der Waals surface area contributed by atoms with E-state index in [1.54, 1.807) is 30.0 Å². The number of aromatic nitrogens is 2. The first-order chi connectivity index (χ1) is 5.20. The lowest BCUT2D eigenvalue weighted by Crippen LogP contribution is -2.19. The Labute approximate surface area is 68.2 Å². The van der Waals surface area contributed by atoms with Crippen LogP contribution in [-0.2, 0) is 17.5 Å². The predicted molar refractivity (Wildman–Crippen MR) is 44.1 cm³/mol. The molecule has 1 aromatic heterocycles. The van der Waals surface area contributed by atoms with E-state index in [0.29, 0.717) is 6.54 Å². The number of aromatic amines is 1. The third kappa shape index (κ3) is 2.44. The van der Waals surface area contributed by atoms with Crippen molar-refractivity contribution in [3.05, 3.63) is 18.2 Å². The van der Waals surface area contributed by atoms with Gasteiger partial charge in [0.15, 0.2) is 0 Å². The molecular weight excluding hydrogens is 162 g/mol. The van der Waals surface area contributed by atoms with E-state index in [1.807, 2.05) is 0 Å². The van der Waals surface area contributed by atoms with Crippen LogP contribution in [0.5, 0.6) is 0 Å². The van der Waals surface area contributed by atoms with Crippen molar-refractivity contribution in [3.8, 4) is 0 Å². The SMILES string of the molecule is CN(Cc1ncc[nH]1)S(C)=O. The molecule has 4 nitrogen and oxygen atoms in total. The van der Waals surface area contributed by atoms with E-state index in [2.05, 4.69) is 9.97 Å². The highest BCUT2D eigenvalue weighted by atomic mass is 32.2. The minimum Gasteiger partial charge on any atom is -0.347 e. The summed E-state index contributed by atoms with van der Waals surface area (Å²) in [5.41, 5.74) is 0. The van der Waals surface area contributed by atoms with Crippen molar-refractivity contribution < 1.29 is 4.21 Å². The predicted octanol–water partition coefficient (Wildman–Crippen LogP) is 0.135. The highest BCUT2D eigenvalue weighted by Crippen LogP contribution is 1.96. The quantitative estimate of drug-likeness (QED) is 0.706. The fraction of sp³-hybridized carbons (Fsp3) is 0.500. The van der Waals surface area contributed by atoms with Crippen LogP contribution in [0.25, 0.3) is 0 Å². The lowest BCUT2D eigenvalue weighted by Gasteiger charge is -2.09. The molecule has 1 unspecified atom stereocenters. The topological polar surface area (TPSA) is 49.0 Å². The Morgan fingerprint density at radius 3 is 3.00 bits per heavy atom. The average Bonchev–Trinajstić information content (AvgIpc) is 2.39. The third-order valence-electron chi connectivity index (χ3n) is 1.37. The number of imidazole rings is 1. The molecule has 0 aliphatic rings. The first-order valence-corrected chi connectivity index (χ1v) is 4.74. The van der Waals surface area contributed by atoms with Gasteiger partial charge in [0, 0.05) is 25.7 Å². The summed E-state index contributed by atoms with van der Waals surface area (Å²) >= 11 is 0. The standard InChI is InChI=1S/C6H11N3OS/c1-9(11(2)10)5-6-7-3-4-8-6/h3-4H,5H2,1-2H3,(H,7,8). The van der Waals surface area contributed by atoms with Crippen LogP contribution in [0.4, 0.5) is 0 Å². The van der Waals surface area contributed by atoms with E-state index in [1.165, 1.54) is 0 Å². The van der Waals surface area contributed by atoms with Gasteiger partial charge in [-0.25, -0.2) is 13.5 Å². The Morgan fingerprint density at radius 2 is 2.55 bits per heavy atom. The van der Waals surface area contributed by atoms with Gasteiger partial charge >= 0.3 is 0 Å². The van der Waals surface area contributed by atoms with Crippen molar-refractivity contribution in [2.75, 3.05) is 13.3 Å². The Bertz CT molecular complexity index is 234. The zero-order valence-electron chi connectivity index (χ0n) is 6.57. The van der Waals surface area contributed by atoms with Crippen molar-refractivity contribution in [3.63, 3.8) is 0 Å². The van der Waals surface area contributed by atoms with E-state index in [-0.39, 0.29) is 0 Å². The third-order valence-corrected chi connectivity index (χ3v) is 2.37. The number of hydrogen-bond donors (Lipinski definition) is 1. The molecule has 1 heterocycles. The maximum absolute atomic E-state index is 10.9. The van der Waals surface area contributed by atoms with Crippen molar-refractivity contribution >= 4 is 11.0 Å². The minimum absolute atomic E-state index is 0.593. The summed E-state index contributed by atoms with van der Waals surface area (Å²) in [4.78, 5) is 6.94. The van der Waals surface area contributed by atoms with Gasteiger partial charge in [-0.05, 0) is 0 Å². The van der Waals surface area contributed by atoms with E-state index in [0.717, 1.165) is 5.82 Å². The molecule has 0 aliphatic heterocycles. The molecule has 0 saturated carbocycles. The zero-order chi connectivity index (χ0) is 8.27. The first kappa shape index (κ1) is 8.42. The Balaban J connectivity index is 2.50. The smallest absolute Gasteiger partial charge is 0.121 e. The molecule has 1 atom stereocenters. The molecule has 1 rings (SSSR count). The second-order valence-corrected chi connectivity index (χ2v) is 3.72. The molecule has 0 spiro atoms. The summed E-state index contributed by atoms with van der Waals surface area (Å²) in [6.07, 6.45) is 5.08. The number of rotatable bonds is 3. The van der Waals surface area contributed by atoms with Gasteiger partial charge in [0.25, 0.3) is 0 Å². The maximum atomic E-state index is 10.9. The Morgan fingerprint density at radius 1 is 1.82 bits per heavy atom. The van der Waals surface area contributed by atoms with E-state index in [9.17, 15) is 4.21 Å². The molecular formula is C6H11N3OS. The molecule has 11 heavy (non-hydrogen) atoms. The van der Waals surface area contributed by atoms with Gasteiger partial charge in [0.05, 0.1) is 17.5 Å². The van der Waals surface area contributed by atoms with Crippen LogP contribution >= 0.6 is 0 Å². The van der Waals surface area contributed by atoms with Gasteiger partial charge < -0.3 is 4.98 Å². The van der Waals surface area contributed by atoms with Gasteiger partial charge in [0.2, 0.25) is 0 Å². The molecule has 0 fully saturated rings. The summed E-state index contributed by atoms with van der Waals surface area (Å²) in [6.45, 7) is 0.593. The second kappa shape index (κ2) is 3.64. The summed E-state index contributed by atoms with van der Waals surface area (Å²) in [5, 5.41) is 0. The normalized spacial score (nSPS) is 13.7. The molecule has 1 N–H and O–H groups in total. The highest BCUT2D eigenvalue weighted by Gasteiger charge is 2.03. The molecule has 0 saturated heterocycles. The number of nitrogens with one attached hydrogen (secondary N) is 1. The fourth-order valence-corrected chi connectivity index (χ4v) is 0.990. The monoisotopic (exact) mass is 173 g/mol. The number of nitrogens with zero attached hydrogens (tertiary/aromatic N) is 2. The number of hydrogen-bond acceptors (Lipinski definition) is 2. The zero-order valence-corrected chi connectivity index (χ0v) is 7.39. The van der Waals surface area contributed by atoms with Crippen LogP contribution in [0.3, 0.4) is 0 Å². The van der Waals surface area contributed by atoms with Crippen LogP contribution < -0.4 is 0 Å². The molecule has 62 valence electrons. The Hall–Kier alpha value is -0.680.